The number of ether oxygens (including phenoxy) is 1. The van der Waals surface area contributed by atoms with Gasteiger partial charge in [-0.25, -0.2) is 0 Å². The monoisotopic (exact) mass is 298 g/mol. The molecule has 1 aromatic carbocycles. The van der Waals surface area contributed by atoms with Crippen molar-refractivity contribution >= 4 is 21.6 Å². The van der Waals surface area contributed by atoms with E-state index in [0.29, 0.717) is 6.54 Å². The summed E-state index contributed by atoms with van der Waals surface area (Å²) < 4.78 is 6.63. The molecule has 1 heterocycles. The van der Waals surface area contributed by atoms with Gasteiger partial charge in [0.1, 0.15) is 0 Å². The summed E-state index contributed by atoms with van der Waals surface area (Å²) in [5.41, 5.74) is 8.12. The van der Waals surface area contributed by atoms with Crippen molar-refractivity contribution < 1.29 is 4.74 Å². The molecule has 94 valence electrons. The molecule has 0 amide bonds. The molecule has 0 unspecified atom stereocenters. The molecule has 3 nitrogen and oxygen atoms in total. The van der Waals surface area contributed by atoms with E-state index in [0.717, 1.165) is 29.8 Å². The first-order valence-electron chi connectivity index (χ1n) is 5.88. The van der Waals surface area contributed by atoms with Crippen molar-refractivity contribution in [2.75, 3.05) is 24.7 Å². The molecule has 2 rings (SSSR count). The minimum atomic E-state index is 0.0327. The summed E-state index contributed by atoms with van der Waals surface area (Å²) in [6.45, 7) is 7.44. The third kappa shape index (κ3) is 2.81. The molecule has 1 saturated heterocycles. The van der Waals surface area contributed by atoms with Crippen LogP contribution in [-0.4, -0.2) is 25.3 Å². The molecule has 1 aromatic rings. The molecule has 17 heavy (non-hydrogen) atoms. The van der Waals surface area contributed by atoms with Gasteiger partial charge in [-0.3, -0.25) is 0 Å². The van der Waals surface area contributed by atoms with E-state index in [1.165, 1.54) is 5.69 Å². The molecule has 0 aliphatic carbocycles. The highest BCUT2D eigenvalue weighted by Gasteiger charge is 2.30. The number of benzene rings is 1. The molecule has 0 atom stereocenters. The first-order valence-corrected chi connectivity index (χ1v) is 6.67. The maximum atomic E-state index is 5.72. The Labute approximate surface area is 111 Å². The fraction of sp³-hybridized carbons (Fsp3) is 0.538. The lowest BCUT2D eigenvalue weighted by Gasteiger charge is -2.44. The largest absolute Gasteiger partial charge is 0.377 e. The highest BCUT2D eigenvalue weighted by atomic mass is 79.9. The van der Waals surface area contributed by atoms with Crippen molar-refractivity contribution in [2.24, 2.45) is 5.73 Å². The van der Waals surface area contributed by atoms with Crippen LogP contribution in [0.1, 0.15) is 19.4 Å². The Balaban J connectivity index is 2.35. The fourth-order valence-corrected chi connectivity index (χ4v) is 2.77. The van der Waals surface area contributed by atoms with Gasteiger partial charge in [0, 0.05) is 23.2 Å². The van der Waals surface area contributed by atoms with Gasteiger partial charge in [-0.1, -0.05) is 15.9 Å². The van der Waals surface area contributed by atoms with Gasteiger partial charge in [-0.2, -0.15) is 0 Å². The van der Waals surface area contributed by atoms with Crippen molar-refractivity contribution in [1.29, 1.82) is 0 Å². The molecular weight excluding hydrogens is 280 g/mol. The maximum absolute atomic E-state index is 5.72. The predicted octanol–water partition coefficient (Wildman–Crippen LogP) is 2.52. The average Bonchev–Trinajstić information content (AvgIpc) is 2.27. The topological polar surface area (TPSA) is 38.5 Å². The number of anilines is 1. The third-order valence-corrected chi connectivity index (χ3v) is 3.59. The lowest BCUT2D eigenvalue weighted by atomic mass is 10.0. The summed E-state index contributed by atoms with van der Waals surface area (Å²) in [4.78, 5) is 2.39. The molecular formula is C13H19BrN2O. The van der Waals surface area contributed by atoms with E-state index in [4.69, 9.17) is 10.5 Å². The molecule has 4 heteroatoms. The number of nitrogens with zero attached hydrogens (tertiary/aromatic N) is 1. The summed E-state index contributed by atoms with van der Waals surface area (Å²) in [5, 5.41) is 0. The van der Waals surface area contributed by atoms with Crippen molar-refractivity contribution in [3.63, 3.8) is 0 Å². The Morgan fingerprint density at radius 2 is 2.18 bits per heavy atom. The Bertz CT molecular complexity index is 406. The van der Waals surface area contributed by atoms with Crippen molar-refractivity contribution in [3.8, 4) is 0 Å². The van der Waals surface area contributed by atoms with E-state index in [-0.39, 0.29) is 5.54 Å². The van der Waals surface area contributed by atoms with Crippen molar-refractivity contribution in [3.05, 3.63) is 28.2 Å². The van der Waals surface area contributed by atoms with Gasteiger partial charge in [0.15, 0.2) is 0 Å². The van der Waals surface area contributed by atoms with Gasteiger partial charge < -0.3 is 15.4 Å². The van der Waals surface area contributed by atoms with E-state index in [2.05, 4.69) is 52.9 Å². The van der Waals surface area contributed by atoms with E-state index < -0.39 is 0 Å². The lowest BCUT2D eigenvalue weighted by molar-refractivity contribution is 0.0644. The molecule has 1 aliphatic rings. The zero-order valence-electron chi connectivity index (χ0n) is 10.4. The van der Waals surface area contributed by atoms with Gasteiger partial charge in [0.2, 0.25) is 0 Å². The number of hydrogen-bond acceptors (Lipinski definition) is 3. The number of hydrogen-bond donors (Lipinski definition) is 1. The minimum Gasteiger partial charge on any atom is -0.377 e. The van der Waals surface area contributed by atoms with Crippen LogP contribution in [0.5, 0.6) is 0 Å². The van der Waals surface area contributed by atoms with Crippen molar-refractivity contribution in [1.82, 2.24) is 0 Å². The Morgan fingerprint density at radius 1 is 1.41 bits per heavy atom. The van der Waals surface area contributed by atoms with Crippen LogP contribution in [0.2, 0.25) is 0 Å². The summed E-state index contributed by atoms with van der Waals surface area (Å²) in [6.07, 6.45) is 0. The number of morpholine rings is 1. The molecule has 0 radical (unpaired) electrons. The predicted molar refractivity (Wildman–Crippen MR) is 74.3 cm³/mol. The zero-order valence-corrected chi connectivity index (χ0v) is 12.0. The van der Waals surface area contributed by atoms with E-state index in [1.807, 2.05) is 0 Å². The first-order chi connectivity index (χ1) is 8.03. The third-order valence-electron chi connectivity index (χ3n) is 3.13. The molecule has 0 aromatic heterocycles. The highest BCUT2D eigenvalue weighted by molar-refractivity contribution is 9.10. The normalized spacial score (nSPS) is 19.4. The first kappa shape index (κ1) is 12.9. The summed E-state index contributed by atoms with van der Waals surface area (Å²) >= 11 is 3.54. The van der Waals surface area contributed by atoms with Gasteiger partial charge >= 0.3 is 0 Å². The molecule has 1 aliphatic heterocycles. The SMILES string of the molecule is CC1(C)COCCN1c1cc(Br)cc(CN)c1. The number of halogens is 1. The molecule has 0 saturated carbocycles. The molecule has 0 spiro atoms. The summed E-state index contributed by atoms with van der Waals surface area (Å²) in [7, 11) is 0. The van der Waals surface area contributed by atoms with Gasteiger partial charge in [-0.15, -0.1) is 0 Å². The van der Waals surface area contributed by atoms with Crippen molar-refractivity contribution in [2.45, 2.75) is 25.9 Å². The highest BCUT2D eigenvalue weighted by Crippen LogP contribution is 2.30. The fourth-order valence-electron chi connectivity index (χ4n) is 2.24. The average molecular weight is 299 g/mol. The van der Waals surface area contributed by atoms with E-state index in [9.17, 15) is 0 Å². The van der Waals surface area contributed by atoms with Crippen LogP contribution in [0.3, 0.4) is 0 Å². The summed E-state index contributed by atoms with van der Waals surface area (Å²) in [5.74, 6) is 0. The Hall–Kier alpha value is -0.580. The standard InChI is InChI=1S/C13H19BrN2O/c1-13(2)9-17-4-3-16(13)12-6-10(8-15)5-11(14)7-12/h5-7H,3-4,8-9,15H2,1-2H3. The van der Waals surface area contributed by atoms with Crippen LogP contribution in [-0.2, 0) is 11.3 Å². The summed E-state index contributed by atoms with van der Waals surface area (Å²) in [6, 6.07) is 6.38. The van der Waals surface area contributed by atoms with Crippen LogP contribution in [0, 0.1) is 0 Å². The Morgan fingerprint density at radius 3 is 2.82 bits per heavy atom. The van der Waals surface area contributed by atoms with Gasteiger partial charge in [-0.05, 0) is 37.6 Å². The van der Waals surface area contributed by atoms with E-state index >= 15 is 0 Å². The second-order valence-corrected chi connectivity index (χ2v) is 5.95. The lowest BCUT2D eigenvalue weighted by Crippen LogP contribution is -2.53. The van der Waals surface area contributed by atoms with Crippen LogP contribution >= 0.6 is 15.9 Å². The number of rotatable bonds is 2. The van der Waals surface area contributed by atoms with Crippen LogP contribution in [0.4, 0.5) is 5.69 Å². The van der Waals surface area contributed by atoms with Crippen LogP contribution in [0.15, 0.2) is 22.7 Å². The quantitative estimate of drug-likeness (QED) is 0.912. The Kier molecular flexibility index (Phi) is 3.76. The van der Waals surface area contributed by atoms with Crippen LogP contribution in [0.25, 0.3) is 0 Å². The van der Waals surface area contributed by atoms with Gasteiger partial charge in [0.25, 0.3) is 0 Å². The van der Waals surface area contributed by atoms with Gasteiger partial charge in [0.05, 0.1) is 18.8 Å². The molecule has 0 bridgehead atoms. The second-order valence-electron chi connectivity index (χ2n) is 5.04. The minimum absolute atomic E-state index is 0.0327. The maximum Gasteiger partial charge on any atom is 0.0694 e. The molecule has 2 N–H and O–H groups in total. The van der Waals surface area contributed by atoms with E-state index in [1.54, 1.807) is 0 Å². The number of nitrogens with two attached hydrogens (primary N) is 1. The van der Waals surface area contributed by atoms with Crippen LogP contribution < -0.4 is 10.6 Å². The molecule has 1 fully saturated rings. The second kappa shape index (κ2) is 4.96. The zero-order chi connectivity index (χ0) is 12.5. The smallest absolute Gasteiger partial charge is 0.0694 e.